The van der Waals surface area contributed by atoms with Crippen LogP contribution in [0.1, 0.15) is 53.7 Å². The lowest BCUT2D eigenvalue weighted by molar-refractivity contribution is 0.0953. The number of thiazole rings is 1. The van der Waals surface area contributed by atoms with Crippen molar-refractivity contribution < 1.29 is 9.53 Å². The summed E-state index contributed by atoms with van der Waals surface area (Å²) in [4.78, 5) is 18.3. The van der Waals surface area contributed by atoms with Crippen LogP contribution in [0.25, 0.3) is 22.0 Å². The Kier molecular flexibility index (Phi) is 8.84. The molecule has 2 aromatic carbocycles. The molecule has 7 heteroatoms. The summed E-state index contributed by atoms with van der Waals surface area (Å²) in [5.41, 5.74) is 7.01. The van der Waals surface area contributed by atoms with Crippen LogP contribution >= 0.6 is 22.9 Å². The van der Waals surface area contributed by atoms with Gasteiger partial charge in [0.15, 0.2) is 0 Å². The fraction of sp³-hybridized carbons (Fsp3) is 0.312. The molecule has 1 aliphatic carbocycles. The van der Waals surface area contributed by atoms with Crippen LogP contribution in [-0.4, -0.2) is 29.1 Å². The Hall–Kier alpha value is -3.35. The molecule has 0 atom stereocenters. The number of carbonyl (C=O) groups excluding carboxylic acids is 1. The Morgan fingerprint density at radius 2 is 1.95 bits per heavy atom. The molecule has 5 nitrogen and oxygen atoms in total. The molecule has 0 unspecified atom stereocenters. The van der Waals surface area contributed by atoms with Crippen LogP contribution in [0.2, 0.25) is 5.02 Å². The van der Waals surface area contributed by atoms with E-state index in [1.165, 1.54) is 24.0 Å². The van der Waals surface area contributed by atoms with Gasteiger partial charge in [-0.2, -0.15) is 0 Å². The SMILES string of the molecule is COc1ccc(CCn2c(-c3csc(-c4ccccc4Cl)n3)cc(C(=O)NCCC3=CCCCC3)c2C)cc1. The molecular formula is C32H34ClN3O2S. The molecule has 0 aliphatic heterocycles. The van der Waals surface area contributed by atoms with Crippen LogP contribution in [0, 0.1) is 6.92 Å². The number of benzene rings is 2. The second kappa shape index (κ2) is 12.7. The monoisotopic (exact) mass is 559 g/mol. The number of carbonyl (C=O) groups is 1. The summed E-state index contributed by atoms with van der Waals surface area (Å²) in [5, 5.41) is 6.75. The molecule has 1 N–H and O–H groups in total. The molecule has 39 heavy (non-hydrogen) atoms. The van der Waals surface area contributed by atoms with E-state index in [1.807, 2.05) is 49.4 Å². The van der Waals surface area contributed by atoms with E-state index in [2.05, 4.69) is 33.5 Å². The van der Waals surface area contributed by atoms with Gasteiger partial charge in [0.2, 0.25) is 0 Å². The first-order chi connectivity index (χ1) is 19.0. The van der Waals surface area contributed by atoms with Gasteiger partial charge >= 0.3 is 0 Å². The minimum Gasteiger partial charge on any atom is -0.497 e. The minimum atomic E-state index is -0.0325. The van der Waals surface area contributed by atoms with Gasteiger partial charge in [-0.3, -0.25) is 4.79 Å². The number of hydrogen-bond donors (Lipinski definition) is 1. The van der Waals surface area contributed by atoms with Crippen molar-refractivity contribution in [3.63, 3.8) is 0 Å². The average molecular weight is 560 g/mol. The van der Waals surface area contributed by atoms with Crippen molar-refractivity contribution in [2.75, 3.05) is 13.7 Å². The van der Waals surface area contributed by atoms with E-state index in [1.54, 1.807) is 18.4 Å². The van der Waals surface area contributed by atoms with Crippen LogP contribution in [0.4, 0.5) is 0 Å². The fourth-order valence-corrected chi connectivity index (χ4v) is 6.26. The second-order valence-corrected chi connectivity index (χ2v) is 11.2. The number of amides is 1. The van der Waals surface area contributed by atoms with Gasteiger partial charge in [-0.15, -0.1) is 11.3 Å². The summed E-state index contributed by atoms with van der Waals surface area (Å²) in [6.45, 7) is 3.41. The summed E-state index contributed by atoms with van der Waals surface area (Å²) < 4.78 is 7.52. The first-order valence-electron chi connectivity index (χ1n) is 13.5. The molecule has 202 valence electrons. The van der Waals surface area contributed by atoms with Crippen molar-refractivity contribution in [2.45, 2.75) is 52.0 Å². The van der Waals surface area contributed by atoms with Crippen LogP contribution in [-0.2, 0) is 13.0 Å². The molecule has 0 spiro atoms. The molecule has 5 rings (SSSR count). The number of allylic oxidation sites excluding steroid dienone is 1. The molecule has 4 aromatic rings. The van der Waals surface area contributed by atoms with Gasteiger partial charge in [0.25, 0.3) is 5.91 Å². The van der Waals surface area contributed by atoms with Crippen molar-refractivity contribution in [3.05, 3.63) is 93.5 Å². The van der Waals surface area contributed by atoms with E-state index in [0.717, 1.165) is 65.6 Å². The third-order valence-corrected chi connectivity index (χ3v) is 8.59. The zero-order valence-electron chi connectivity index (χ0n) is 22.5. The van der Waals surface area contributed by atoms with Crippen molar-refractivity contribution in [1.29, 1.82) is 0 Å². The largest absolute Gasteiger partial charge is 0.497 e. The number of ether oxygens (including phenoxy) is 1. The molecule has 2 aromatic heterocycles. The van der Waals surface area contributed by atoms with E-state index >= 15 is 0 Å². The molecule has 0 fully saturated rings. The van der Waals surface area contributed by atoms with E-state index in [4.69, 9.17) is 21.3 Å². The summed E-state index contributed by atoms with van der Waals surface area (Å²) in [6, 6.07) is 17.9. The second-order valence-electron chi connectivity index (χ2n) is 9.91. The molecule has 1 amide bonds. The molecule has 0 bridgehead atoms. The number of rotatable bonds is 10. The van der Waals surface area contributed by atoms with E-state index < -0.39 is 0 Å². The Balaban J connectivity index is 1.40. The van der Waals surface area contributed by atoms with Gasteiger partial charge in [0.05, 0.1) is 29.1 Å². The van der Waals surface area contributed by atoms with Crippen molar-refractivity contribution in [2.24, 2.45) is 0 Å². The number of hydrogen-bond acceptors (Lipinski definition) is 4. The Bertz CT molecular complexity index is 1470. The highest BCUT2D eigenvalue weighted by molar-refractivity contribution is 7.13. The lowest BCUT2D eigenvalue weighted by Gasteiger charge is -2.13. The lowest BCUT2D eigenvalue weighted by atomic mass is 9.97. The molecule has 2 heterocycles. The van der Waals surface area contributed by atoms with Gasteiger partial charge < -0.3 is 14.6 Å². The maximum Gasteiger partial charge on any atom is 0.253 e. The third kappa shape index (κ3) is 6.45. The maximum atomic E-state index is 13.3. The number of aryl methyl sites for hydroxylation is 1. The Morgan fingerprint density at radius 1 is 1.13 bits per heavy atom. The molecule has 0 radical (unpaired) electrons. The predicted octanol–water partition coefficient (Wildman–Crippen LogP) is 8.11. The van der Waals surface area contributed by atoms with E-state index in [-0.39, 0.29) is 5.91 Å². The van der Waals surface area contributed by atoms with Gasteiger partial charge in [-0.1, -0.05) is 53.6 Å². The Labute approximate surface area is 239 Å². The van der Waals surface area contributed by atoms with Gasteiger partial charge in [0, 0.05) is 29.7 Å². The summed E-state index contributed by atoms with van der Waals surface area (Å²) >= 11 is 8.02. The average Bonchev–Trinajstić information content (AvgIpc) is 3.57. The number of halogens is 1. The minimum absolute atomic E-state index is 0.0325. The first-order valence-corrected chi connectivity index (χ1v) is 14.8. The van der Waals surface area contributed by atoms with E-state index in [9.17, 15) is 4.79 Å². The quantitative estimate of drug-likeness (QED) is 0.200. The number of methoxy groups -OCH3 is 1. The van der Waals surface area contributed by atoms with Crippen LogP contribution < -0.4 is 10.1 Å². The molecule has 0 saturated heterocycles. The van der Waals surface area contributed by atoms with Crippen molar-refractivity contribution in [1.82, 2.24) is 14.9 Å². The number of nitrogens with zero attached hydrogens (tertiary/aromatic N) is 2. The zero-order valence-corrected chi connectivity index (χ0v) is 24.1. The van der Waals surface area contributed by atoms with Crippen LogP contribution in [0.15, 0.2) is 71.6 Å². The predicted molar refractivity (Wildman–Crippen MR) is 161 cm³/mol. The standard InChI is InChI=1S/C32H34ClN3O2S/c1-22-27(31(37)34-18-16-23-8-4-3-5-9-23)20-30(36(22)19-17-24-12-14-25(38-2)15-13-24)29-21-39-32(35-29)26-10-6-7-11-28(26)33/h6-8,10-15,20-21H,3-5,9,16-19H2,1-2H3,(H,34,37). The van der Waals surface area contributed by atoms with Crippen LogP contribution in [0.3, 0.4) is 0 Å². The number of aromatic nitrogens is 2. The van der Waals surface area contributed by atoms with Gasteiger partial charge in [0.1, 0.15) is 10.8 Å². The smallest absolute Gasteiger partial charge is 0.253 e. The fourth-order valence-electron chi connectivity index (χ4n) is 5.12. The lowest BCUT2D eigenvalue weighted by Crippen LogP contribution is -2.25. The van der Waals surface area contributed by atoms with Crippen molar-refractivity contribution >= 4 is 28.8 Å². The normalized spacial score (nSPS) is 13.3. The Morgan fingerprint density at radius 3 is 2.69 bits per heavy atom. The highest BCUT2D eigenvalue weighted by Gasteiger charge is 2.21. The summed E-state index contributed by atoms with van der Waals surface area (Å²) in [6.07, 6.45) is 8.92. The summed E-state index contributed by atoms with van der Waals surface area (Å²) in [7, 11) is 1.67. The first kappa shape index (κ1) is 27.2. The van der Waals surface area contributed by atoms with Gasteiger partial charge in [-0.25, -0.2) is 4.98 Å². The van der Waals surface area contributed by atoms with Crippen molar-refractivity contribution in [3.8, 4) is 27.7 Å². The summed E-state index contributed by atoms with van der Waals surface area (Å²) in [5.74, 6) is 0.809. The molecule has 1 aliphatic rings. The topological polar surface area (TPSA) is 56.2 Å². The highest BCUT2D eigenvalue weighted by atomic mass is 35.5. The van der Waals surface area contributed by atoms with Gasteiger partial charge in [-0.05, 0) is 75.3 Å². The molecular weight excluding hydrogens is 526 g/mol. The number of nitrogens with one attached hydrogen (secondary N) is 1. The highest BCUT2D eigenvalue weighted by Crippen LogP contribution is 2.34. The molecule has 0 saturated carbocycles. The van der Waals surface area contributed by atoms with Crippen LogP contribution in [0.5, 0.6) is 5.75 Å². The third-order valence-electron chi connectivity index (χ3n) is 7.38. The van der Waals surface area contributed by atoms with E-state index in [0.29, 0.717) is 17.1 Å². The zero-order chi connectivity index (χ0) is 27.2. The maximum absolute atomic E-state index is 13.3.